The smallest absolute Gasteiger partial charge is 0.242 e. The summed E-state index contributed by atoms with van der Waals surface area (Å²) in [5.74, 6) is 0.218. The Morgan fingerprint density at radius 3 is 2.81 bits per heavy atom. The molecule has 3 rings (SSSR count). The molecule has 1 amide bonds. The Balaban J connectivity index is 1.70. The monoisotopic (exact) mass is 393 g/mol. The Morgan fingerprint density at radius 1 is 1.35 bits per heavy atom. The summed E-state index contributed by atoms with van der Waals surface area (Å²) in [4.78, 5) is 21.1. The third-order valence-corrected chi connectivity index (χ3v) is 5.98. The van der Waals surface area contributed by atoms with Gasteiger partial charge in [0.2, 0.25) is 27.6 Å². The van der Waals surface area contributed by atoms with Gasteiger partial charge >= 0.3 is 0 Å². The van der Waals surface area contributed by atoms with Crippen LogP contribution in [0.15, 0.2) is 40.0 Å². The molecule has 2 N–H and O–H groups in total. The lowest BCUT2D eigenvalue weighted by atomic mass is 10.4. The molecule has 0 saturated heterocycles. The Labute approximate surface area is 153 Å². The van der Waals surface area contributed by atoms with E-state index in [2.05, 4.69) is 25.2 Å². The van der Waals surface area contributed by atoms with Crippen molar-refractivity contribution in [3.8, 4) is 10.7 Å². The maximum absolute atomic E-state index is 12.5. The molecule has 3 aromatic rings. The van der Waals surface area contributed by atoms with Crippen LogP contribution >= 0.6 is 11.3 Å². The fraction of sp³-hybridized carbons (Fsp3) is 0.200. The van der Waals surface area contributed by atoms with Crippen molar-refractivity contribution < 1.29 is 17.7 Å². The van der Waals surface area contributed by atoms with E-state index in [1.54, 1.807) is 32.2 Å². The zero-order valence-electron chi connectivity index (χ0n) is 13.9. The summed E-state index contributed by atoms with van der Waals surface area (Å²) in [7, 11) is -3.86. The molecule has 0 bridgehead atoms. The number of hydrogen-bond acceptors (Lipinski definition) is 8. The van der Waals surface area contributed by atoms with Gasteiger partial charge in [0, 0.05) is 18.0 Å². The number of aromatic nitrogens is 3. The summed E-state index contributed by atoms with van der Waals surface area (Å²) < 4.78 is 32.2. The normalized spacial score (nSPS) is 11.5. The summed E-state index contributed by atoms with van der Waals surface area (Å²) in [5, 5.41) is 6.34. The number of hydrogen-bond donors (Lipinski definition) is 2. The molecule has 0 unspecified atom stereocenters. The largest absolute Gasteiger partial charge is 0.339 e. The first kappa shape index (κ1) is 18.2. The maximum Gasteiger partial charge on any atom is 0.242 e. The Hall–Kier alpha value is -2.63. The number of nitrogens with one attached hydrogen (secondary N) is 2. The van der Waals surface area contributed by atoms with Crippen LogP contribution in [0.5, 0.6) is 0 Å². The molecule has 3 heterocycles. The van der Waals surface area contributed by atoms with Gasteiger partial charge in [-0.1, -0.05) is 5.16 Å². The molecule has 9 nitrogen and oxygen atoms in total. The Morgan fingerprint density at radius 2 is 2.15 bits per heavy atom. The molecule has 0 aliphatic rings. The average Bonchev–Trinajstić information content (AvgIpc) is 3.20. The molecule has 0 aliphatic heterocycles. The van der Waals surface area contributed by atoms with E-state index in [-0.39, 0.29) is 4.90 Å². The third kappa shape index (κ3) is 4.12. The van der Waals surface area contributed by atoms with E-state index in [0.29, 0.717) is 27.2 Å². The van der Waals surface area contributed by atoms with Crippen molar-refractivity contribution in [2.45, 2.75) is 18.7 Å². The van der Waals surface area contributed by atoms with Crippen LogP contribution < -0.4 is 10.0 Å². The first-order valence-electron chi connectivity index (χ1n) is 7.46. The van der Waals surface area contributed by atoms with Crippen molar-refractivity contribution in [1.82, 2.24) is 19.8 Å². The second-order valence-corrected chi connectivity index (χ2v) is 8.27. The molecule has 136 valence electrons. The van der Waals surface area contributed by atoms with Gasteiger partial charge in [0.15, 0.2) is 0 Å². The number of pyridine rings is 1. The number of nitrogens with zero attached hydrogens (tertiary/aromatic N) is 3. The molecule has 26 heavy (non-hydrogen) atoms. The van der Waals surface area contributed by atoms with Crippen molar-refractivity contribution >= 4 is 33.0 Å². The van der Waals surface area contributed by atoms with Crippen molar-refractivity contribution in [3.05, 3.63) is 41.4 Å². The Kier molecular flexibility index (Phi) is 5.11. The van der Waals surface area contributed by atoms with Gasteiger partial charge in [-0.2, -0.15) is 4.98 Å². The van der Waals surface area contributed by atoms with Gasteiger partial charge < -0.3 is 9.84 Å². The minimum absolute atomic E-state index is 0.0779. The lowest BCUT2D eigenvalue weighted by molar-refractivity contribution is -0.115. The van der Waals surface area contributed by atoms with Gasteiger partial charge in [0.1, 0.15) is 0 Å². The molecule has 0 fully saturated rings. The van der Waals surface area contributed by atoms with E-state index in [9.17, 15) is 13.2 Å². The number of carbonyl (C=O) groups is 1. The van der Waals surface area contributed by atoms with Gasteiger partial charge in [-0.25, -0.2) is 13.1 Å². The highest BCUT2D eigenvalue weighted by atomic mass is 32.2. The lowest BCUT2D eigenvalue weighted by Crippen LogP contribution is -2.33. The van der Waals surface area contributed by atoms with Crippen molar-refractivity contribution in [1.29, 1.82) is 0 Å². The fourth-order valence-electron chi connectivity index (χ4n) is 2.12. The van der Waals surface area contributed by atoms with Crippen LogP contribution in [-0.2, 0) is 14.8 Å². The second kappa shape index (κ2) is 7.32. The number of aryl methyl sites for hydroxylation is 2. The highest BCUT2D eigenvalue weighted by Crippen LogP contribution is 2.31. The van der Waals surface area contributed by atoms with E-state index in [0.717, 1.165) is 0 Å². The van der Waals surface area contributed by atoms with Gasteiger partial charge in [-0.15, -0.1) is 11.3 Å². The van der Waals surface area contributed by atoms with Crippen LogP contribution in [0.2, 0.25) is 0 Å². The van der Waals surface area contributed by atoms with E-state index in [4.69, 9.17) is 4.52 Å². The number of anilines is 1. The zero-order chi connectivity index (χ0) is 18.7. The zero-order valence-corrected chi connectivity index (χ0v) is 15.5. The minimum Gasteiger partial charge on any atom is -0.339 e. The molecule has 3 aromatic heterocycles. The van der Waals surface area contributed by atoms with Gasteiger partial charge in [-0.3, -0.25) is 9.78 Å². The topological polar surface area (TPSA) is 127 Å². The Bertz CT molecular complexity index is 1030. The number of rotatable bonds is 6. The molecular weight excluding hydrogens is 378 g/mol. The first-order chi connectivity index (χ1) is 12.3. The molecule has 0 spiro atoms. The third-order valence-electron chi connectivity index (χ3n) is 3.28. The van der Waals surface area contributed by atoms with E-state index in [1.165, 1.54) is 23.6 Å². The number of thiophene rings is 1. The van der Waals surface area contributed by atoms with Gasteiger partial charge in [-0.05, 0) is 25.1 Å². The molecular formula is C15H15N5O4S2. The number of amides is 1. The SMILES string of the molecule is Cc1nc(-c2cc(S(=O)(=O)NCC(=O)Nc3cccnc3)c(C)s2)no1. The van der Waals surface area contributed by atoms with Crippen LogP contribution in [-0.4, -0.2) is 36.0 Å². The summed E-state index contributed by atoms with van der Waals surface area (Å²) >= 11 is 1.23. The summed E-state index contributed by atoms with van der Waals surface area (Å²) in [6, 6.07) is 4.78. The quantitative estimate of drug-likeness (QED) is 0.653. The lowest BCUT2D eigenvalue weighted by Gasteiger charge is -2.07. The van der Waals surface area contributed by atoms with Crippen molar-refractivity contribution in [3.63, 3.8) is 0 Å². The number of sulfonamides is 1. The average molecular weight is 393 g/mol. The van der Waals surface area contributed by atoms with Crippen molar-refractivity contribution in [2.75, 3.05) is 11.9 Å². The fourth-order valence-corrected chi connectivity index (χ4v) is 4.62. The van der Waals surface area contributed by atoms with E-state index >= 15 is 0 Å². The van der Waals surface area contributed by atoms with Gasteiger partial charge in [0.05, 0.1) is 28.2 Å². The minimum atomic E-state index is -3.86. The van der Waals surface area contributed by atoms with Crippen LogP contribution in [0.4, 0.5) is 5.69 Å². The molecule has 0 atom stereocenters. The van der Waals surface area contributed by atoms with E-state index in [1.807, 2.05) is 0 Å². The maximum atomic E-state index is 12.5. The predicted molar refractivity (Wildman–Crippen MR) is 95.1 cm³/mol. The standard InChI is InChI=1S/C15H15N5O4S2/c1-9-13(6-12(25-9)15-18-10(2)24-20-15)26(22,23)17-8-14(21)19-11-4-3-5-16-7-11/h3-7,17H,8H2,1-2H3,(H,19,21). The van der Waals surface area contributed by atoms with Gasteiger partial charge in [0.25, 0.3) is 0 Å². The van der Waals surface area contributed by atoms with Crippen LogP contribution in [0.3, 0.4) is 0 Å². The highest BCUT2D eigenvalue weighted by molar-refractivity contribution is 7.89. The van der Waals surface area contributed by atoms with Crippen LogP contribution in [0.1, 0.15) is 10.8 Å². The molecule has 0 aromatic carbocycles. The molecule has 0 saturated carbocycles. The highest BCUT2D eigenvalue weighted by Gasteiger charge is 2.22. The summed E-state index contributed by atoms with van der Waals surface area (Å²) in [5.41, 5.74) is 0.484. The molecule has 11 heteroatoms. The van der Waals surface area contributed by atoms with Crippen LogP contribution in [0, 0.1) is 13.8 Å². The van der Waals surface area contributed by atoms with E-state index < -0.39 is 22.5 Å². The van der Waals surface area contributed by atoms with Crippen LogP contribution in [0.25, 0.3) is 10.7 Å². The second-order valence-electron chi connectivity index (χ2n) is 5.28. The summed E-state index contributed by atoms with van der Waals surface area (Å²) in [6.07, 6.45) is 3.04. The molecule has 0 aliphatic carbocycles. The first-order valence-corrected chi connectivity index (χ1v) is 9.76. The number of carbonyl (C=O) groups excluding carboxylic acids is 1. The van der Waals surface area contributed by atoms with Crippen molar-refractivity contribution in [2.24, 2.45) is 0 Å². The molecule has 0 radical (unpaired) electrons. The predicted octanol–water partition coefficient (Wildman–Crippen LogP) is 1.73. The summed E-state index contributed by atoms with van der Waals surface area (Å²) in [6.45, 7) is 2.92.